The van der Waals surface area contributed by atoms with Crippen LogP contribution in [0.5, 0.6) is 0 Å². The van der Waals surface area contributed by atoms with Gasteiger partial charge < -0.3 is 20.0 Å². The quantitative estimate of drug-likeness (QED) is 0.657. The molecule has 2 aromatic carbocycles. The first-order valence-electron chi connectivity index (χ1n) is 9.82. The van der Waals surface area contributed by atoms with Crippen LogP contribution in [0, 0.1) is 0 Å². The number of carboxylic acid groups (broad SMARTS) is 1. The summed E-state index contributed by atoms with van der Waals surface area (Å²) in [7, 11) is 0. The van der Waals surface area contributed by atoms with Crippen LogP contribution in [-0.2, 0) is 16.0 Å². The van der Waals surface area contributed by atoms with Gasteiger partial charge in [0.05, 0.1) is 0 Å². The molecule has 1 heterocycles. The van der Waals surface area contributed by atoms with Crippen LogP contribution in [0.25, 0.3) is 11.1 Å². The van der Waals surface area contributed by atoms with E-state index in [1.165, 1.54) is 0 Å². The van der Waals surface area contributed by atoms with Gasteiger partial charge in [-0.2, -0.15) is 0 Å². The van der Waals surface area contributed by atoms with Crippen molar-refractivity contribution in [3.63, 3.8) is 0 Å². The van der Waals surface area contributed by atoms with Gasteiger partial charge in [0.1, 0.15) is 6.61 Å². The Morgan fingerprint density at radius 3 is 2.27 bits per heavy atom. The summed E-state index contributed by atoms with van der Waals surface area (Å²) in [5.41, 5.74) is 5.35. The predicted octanol–water partition coefficient (Wildman–Crippen LogP) is 2.67. The van der Waals surface area contributed by atoms with Gasteiger partial charge in [-0.05, 0) is 40.3 Å². The highest BCUT2D eigenvalue weighted by Crippen LogP contribution is 2.44. The zero-order chi connectivity index (χ0) is 20.9. The van der Waals surface area contributed by atoms with Gasteiger partial charge >= 0.3 is 6.09 Å². The van der Waals surface area contributed by atoms with E-state index in [1.54, 1.807) is 18.5 Å². The number of nitrogens with zero attached hydrogens (tertiary/aromatic N) is 1. The van der Waals surface area contributed by atoms with Crippen LogP contribution in [0.1, 0.15) is 29.0 Å². The number of hydrogen-bond acceptors (Lipinski definition) is 5. The van der Waals surface area contributed by atoms with E-state index >= 15 is 0 Å². The number of nitrogens with one attached hydrogen (secondary N) is 1. The minimum atomic E-state index is -1.23. The van der Waals surface area contributed by atoms with E-state index in [1.807, 2.05) is 42.5 Å². The number of rotatable bonds is 7. The number of aromatic nitrogens is 1. The van der Waals surface area contributed by atoms with Crippen LogP contribution in [0.4, 0.5) is 4.79 Å². The highest BCUT2D eigenvalue weighted by molar-refractivity contribution is 5.79. The van der Waals surface area contributed by atoms with Crippen molar-refractivity contribution < 1.29 is 19.4 Å². The minimum absolute atomic E-state index is 0.0546. The van der Waals surface area contributed by atoms with Crippen LogP contribution < -0.4 is 10.4 Å². The Balaban J connectivity index is 1.43. The lowest BCUT2D eigenvalue weighted by Crippen LogP contribution is -2.41. The number of carbonyl (C=O) groups excluding carboxylic acids is 2. The molecule has 0 saturated carbocycles. The molecule has 6 heteroatoms. The van der Waals surface area contributed by atoms with Gasteiger partial charge in [-0.25, -0.2) is 4.79 Å². The van der Waals surface area contributed by atoms with E-state index in [9.17, 15) is 14.7 Å². The average molecular weight is 401 g/mol. The molecule has 1 atom stereocenters. The third-order valence-electron chi connectivity index (χ3n) is 5.28. The zero-order valence-electron chi connectivity index (χ0n) is 16.3. The molecule has 1 aromatic heterocycles. The second-order valence-electron chi connectivity index (χ2n) is 7.31. The second-order valence-corrected chi connectivity index (χ2v) is 7.31. The lowest BCUT2D eigenvalue weighted by atomic mass is 9.98. The van der Waals surface area contributed by atoms with Crippen molar-refractivity contribution in [1.29, 1.82) is 0 Å². The van der Waals surface area contributed by atoms with Crippen molar-refractivity contribution in [2.24, 2.45) is 0 Å². The number of ether oxygens (including phenoxy) is 1. The Hall–Kier alpha value is -3.67. The maximum absolute atomic E-state index is 12.4. The molecule has 6 nitrogen and oxygen atoms in total. The maximum Gasteiger partial charge on any atom is 0.407 e. The summed E-state index contributed by atoms with van der Waals surface area (Å²) in [5.74, 6) is -1.29. The molecule has 0 radical (unpaired) electrons. The second kappa shape index (κ2) is 8.78. The smallest absolute Gasteiger partial charge is 0.407 e. The Morgan fingerprint density at radius 1 is 1.00 bits per heavy atom. The Kier molecular flexibility index (Phi) is 5.75. The highest BCUT2D eigenvalue weighted by atomic mass is 16.5. The summed E-state index contributed by atoms with van der Waals surface area (Å²) in [4.78, 5) is 27.6. The van der Waals surface area contributed by atoms with Gasteiger partial charge in [0.2, 0.25) is 0 Å². The van der Waals surface area contributed by atoms with E-state index in [-0.39, 0.29) is 18.9 Å². The number of hydrogen-bond donors (Lipinski definition) is 1. The fraction of sp³-hybridized carbons (Fsp3) is 0.208. The first-order valence-corrected chi connectivity index (χ1v) is 9.82. The van der Waals surface area contributed by atoms with Gasteiger partial charge in [0.15, 0.2) is 0 Å². The van der Waals surface area contributed by atoms with Gasteiger partial charge in [-0.3, -0.25) is 4.98 Å². The molecule has 1 N–H and O–H groups in total. The first kappa shape index (κ1) is 19.6. The summed E-state index contributed by atoms with van der Waals surface area (Å²) in [6.07, 6.45) is 2.65. The van der Waals surface area contributed by atoms with E-state index in [0.717, 1.165) is 27.8 Å². The molecule has 30 heavy (non-hydrogen) atoms. The Morgan fingerprint density at radius 2 is 1.67 bits per heavy atom. The third kappa shape index (κ3) is 4.33. The minimum Gasteiger partial charge on any atom is -0.550 e. The first-order chi connectivity index (χ1) is 14.6. The van der Waals surface area contributed by atoms with Gasteiger partial charge in [-0.1, -0.05) is 54.6 Å². The number of fused-ring (bicyclic) bond motifs is 3. The molecule has 152 valence electrons. The van der Waals surface area contributed by atoms with Gasteiger partial charge in [0, 0.05) is 36.7 Å². The predicted molar refractivity (Wildman–Crippen MR) is 110 cm³/mol. The number of alkyl carbamates (subject to hydrolysis) is 1. The Bertz CT molecular complexity index is 1010. The van der Waals surface area contributed by atoms with Gasteiger partial charge in [0.25, 0.3) is 0 Å². The lowest BCUT2D eigenvalue weighted by Gasteiger charge is -2.20. The molecule has 1 aliphatic rings. The molecule has 0 spiro atoms. The van der Waals surface area contributed by atoms with Crippen molar-refractivity contribution in [3.8, 4) is 11.1 Å². The van der Waals surface area contributed by atoms with Crippen molar-refractivity contribution in [3.05, 3.63) is 89.7 Å². The number of benzene rings is 2. The number of pyridine rings is 1. The van der Waals surface area contributed by atoms with Crippen LogP contribution in [-0.4, -0.2) is 29.7 Å². The zero-order valence-corrected chi connectivity index (χ0v) is 16.3. The van der Waals surface area contributed by atoms with E-state index in [2.05, 4.69) is 22.4 Å². The van der Waals surface area contributed by atoms with Crippen LogP contribution in [0.3, 0.4) is 0 Å². The molecule has 4 rings (SSSR count). The molecular weight excluding hydrogens is 380 g/mol. The monoisotopic (exact) mass is 401 g/mol. The van der Waals surface area contributed by atoms with Crippen molar-refractivity contribution in [1.82, 2.24) is 10.3 Å². The number of aliphatic carboxylic acids is 1. The van der Waals surface area contributed by atoms with Crippen LogP contribution in [0.15, 0.2) is 73.1 Å². The molecule has 0 aliphatic heterocycles. The standard InChI is InChI=1S/C24H22N2O4/c27-23(28)13-17(12-16-6-5-11-25-14-16)26-24(29)30-15-22-20-9-3-1-7-18(20)19-8-2-4-10-21(19)22/h1-11,14,17,22H,12-13,15H2,(H,26,29)(H,27,28)/p-1/t17-/m1/s1. The SMILES string of the molecule is O=C([O-])C[C@@H](Cc1cccnc1)NC(=O)OCC1c2ccccc2-c2ccccc21. The summed E-state index contributed by atoms with van der Waals surface area (Å²) < 4.78 is 5.51. The molecule has 0 unspecified atom stereocenters. The summed E-state index contributed by atoms with van der Waals surface area (Å²) in [6, 6.07) is 19.1. The average Bonchev–Trinajstić information content (AvgIpc) is 3.06. The molecule has 1 aliphatic carbocycles. The molecular formula is C24H21N2O4-. The molecule has 0 saturated heterocycles. The largest absolute Gasteiger partial charge is 0.550 e. The third-order valence-corrected chi connectivity index (χ3v) is 5.28. The Labute approximate surface area is 174 Å². The number of amides is 1. The number of carbonyl (C=O) groups is 2. The van der Waals surface area contributed by atoms with Crippen molar-refractivity contribution in [2.75, 3.05) is 6.61 Å². The van der Waals surface area contributed by atoms with E-state index in [0.29, 0.717) is 6.42 Å². The fourth-order valence-electron chi connectivity index (χ4n) is 3.99. The van der Waals surface area contributed by atoms with E-state index < -0.39 is 18.1 Å². The molecule has 3 aromatic rings. The van der Waals surface area contributed by atoms with Crippen LogP contribution >= 0.6 is 0 Å². The van der Waals surface area contributed by atoms with Crippen molar-refractivity contribution >= 4 is 12.1 Å². The summed E-state index contributed by atoms with van der Waals surface area (Å²) in [6.45, 7) is 0.171. The number of carboxylic acids is 1. The topological polar surface area (TPSA) is 91.4 Å². The lowest BCUT2D eigenvalue weighted by molar-refractivity contribution is -0.306. The molecule has 0 fully saturated rings. The van der Waals surface area contributed by atoms with E-state index in [4.69, 9.17) is 4.74 Å². The fourth-order valence-corrected chi connectivity index (χ4v) is 3.99. The molecule has 1 amide bonds. The van der Waals surface area contributed by atoms with Gasteiger partial charge in [-0.15, -0.1) is 0 Å². The molecule has 0 bridgehead atoms. The van der Waals surface area contributed by atoms with Crippen molar-refractivity contribution in [2.45, 2.75) is 24.8 Å². The van der Waals surface area contributed by atoms with Crippen LogP contribution in [0.2, 0.25) is 0 Å². The normalized spacial score (nSPS) is 13.2. The summed E-state index contributed by atoms with van der Waals surface area (Å²) in [5, 5.41) is 13.8. The highest BCUT2D eigenvalue weighted by Gasteiger charge is 2.29. The maximum atomic E-state index is 12.4. The summed E-state index contributed by atoms with van der Waals surface area (Å²) >= 11 is 0.